The quantitative estimate of drug-likeness (QED) is 0.808. The van der Waals surface area contributed by atoms with E-state index >= 15 is 0 Å². The lowest BCUT2D eigenvalue weighted by Crippen LogP contribution is -2.43. The first-order chi connectivity index (χ1) is 12.5. The van der Waals surface area contributed by atoms with Gasteiger partial charge in [0, 0.05) is 24.3 Å². The van der Waals surface area contributed by atoms with Gasteiger partial charge in [-0.3, -0.25) is 9.59 Å². The number of nitrogens with zero attached hydrogens (tertiary/aromatic N) is 1. The molecule has 0 saturated heterocycles. The topological polar surface area (TPSA) is 67.9 Å². The highest BCUT2D eigenvalue weighted by atomic mass is 16.5. The zero-order valence-corrected chi connectivity index (χ0v) is 15.5. The highest BCUT2D eigenvalue weighted by Gasteiger charge is 2.24. The average Bonchev–Trinajstić information content (AvgIpc) is 2.66. The van der Waals surface area contributed by atoms with Gasteiger partial charge in [-0.1, -0.05) is 30.3 Å². The highest BCUT2D eigenvalue weighted by molar-refractivity contribution is 6.39. The van der Waals surface area contributed by atoms with E-state index in [1.54, 1.807) is 18.2 Å². The summed E-state index contributed by atoms with van der Waals surface area (Å²) in [5, 5.41) is 2.62. The fourth-order valence-electron chi connectivity index (χ4n) is 2.50. The Morgan fingerprint density at radius 2 is 1.65 bits per heavy atom. The van der Waals surface area contributed by atoms with Crippen LogP contribution in [0.3, 0.4) is 0 Å². The van der Waals surface area contributed by atoms with E-state index < -0.39 is 11.8 Å². The van der Waals surface area contributed by atoms with E-state index in [1.165, 1.54) is 19.1 Å². The van der Waals surface area contributed by atoms with Crippen molar-refractivity contribution < 1.29 is 19.1 Å². The van der Waals surface area contributed by atoms with Gasteiger partial charge in [-0.15, -0.1) is 0 Å². The maximum absolute atomic E-state index is 12.6. The Labute approximate surface area is 153 Å². The monoisotopic (exact) mass is 356 g/mol. The largest absolute Gasteiger partial charge is 0.493 e. The van der Waals surface area contributed by atoms with Gasteiger partial charge in [0.05, 0.1) is 14.2 Å². The summed E-state index contributed by atoms with van der Waals surface area (Å²) < 4.78 is 10.4. The van der Waals surface area contributed by atoms with Crippen LogP contribution < -0.4 is 14.8 Å². The number of hydrogen-bond donors (Lipinski definition) is 1. The molecule has 0 aliphatic rings. The zero-order valence-electron chi connectivity index (χ0n) is 15.5. The SMILES string of the molecule is COc1ccc(NC(=O)C(=O)N(Cc2ccccc2)C(C)C)cc1OC. The Morgan fingerprint density at radius 3 is 2.23 bits per heavy atom. The van der Waals surface area contributed by atoms with E-state index in [4.69, 9.17) is 9.47 Å². The molecule has 0 atom stereocenters. The number of ether oxygens (including phenoxy) is 2. The van der Waals surface area contributed by atoms with Crippen LogP contribution in [0.5, 0.6) is 11.5 Å². The molecule has 0 spiro atoms. The third-order valence-corrected chi connectivity index (χ3v) is 3.92. The Bertz CT molecular complexity index is 760. The molecule has 0 fully saturated rings. The number of benzene rings is 2. The van der Waals surface area contributed by atoms with Gasteiger partial charge >= 0.3 is 11.8 Å². The van der Waals surface area contributed by atoms with E-state index in [0.29, 0.717) is 23.7 Å². The van der Waals surface area contributed by atoms with Crippen LogP contribution in [0.2, 0.25) is 0 Å². The molecule has 0 unspecified atom stereocenters. The van der Waals surface area contributed by atoms with Gasteiger partial charge < -0.3 is 19.7 Å². The molecule has 2 rings (SSSR count). The Morgan fingerprint density at radius 1 is 1.00 bits per heavy atom. The van der Waals surface area contributed by atoms with Crippen LogP contribution >= 0.6 is 0 Å². The zero-order chi connectivity index (χ0) is 19.1. The first-order valence-corrected chi connectivity index (χ1v) is 8.34. The Kier molecular flexibility index (Phi) is 6.60. The molecule has 2 amide bonds. The lowest BCUT2D eigenvalue weighted by molar-refractivity contribution is -0.144. The Hall–Kier alpha value is -3.02. The summed E-state index contributed by atoms with van der Waals surface area (Å²) in [5.74, 6) is -0.257. The van der Waals surface area contributed by atoms with Crippen LogP contribution in [-0.2, 0) is 16.1 Å². The molecule has 1 N–H and O–H groups in total. The van der Waals surface area contributed by atoms with Gasteiger partial charge in [-0.25, -0.2) is 0 Å². The van der Waals surface area contributed by atoms with Gasteiger partial charge in [0.2, 0.25) is 0 Å². The lowest BCUT2D eigenvalue weighted by atomic mass is 10.2. The molecule has 0 aliphatic heterocycles. The Balaban J connectivity index is 2.12. The van der Waals surface area contributed by atoms with Crippen molar-refractivity contribution in [3.05, 3.63) is 54.1 Å². The minimum atomic E-state index is -0.693. The highest BCUT2D eigenvalue weighted by Crippen LogP contribution is 2.29. The molecule has 2 aromatic carbocycles. The van der Waals surface area contributed by atoms with Gasteiger partial charge in [0.25, 0.3) is 0 Å². The number of anilines is 1. The van der Waals surface area contributed by atoms with E-state index in [1.807, 2.05) is 44.2 Å². The molecule has 138 valence electrons. The van der Waals surface area contributed by atoms with Crippen LogP contribution in [0.25, 0.3) is 0 Å². The van der Waals surface area contributed by atoms with Crippen molar-refractivity contribution >= 4 is 17.5 Å². The molecule has 2 aromatic rings. The second-order valence-corrected chi connectivity index (χ2v) is 6.04. The molecule has 26 heavy (non-hydrogen) atoms. The standard InChI is InChI=1S/C20H24N2O4/c1-14(2)22(13-15-8-6-5-7-9-15)20(24)19(23)21-16-10-11-17(25-3)18(12-16)26-4/h5-12,14H,13H2,1-4H3,(H,21,23). The van der Waals surface area contributed by atoms with Crippen molar-refractivity contribution in [1.82, 2.24) is 4.90 Å². The molecule has 0 heterocycles. The van der Waals surface area contributed by atoms with Crippen LogP contribution in [0.15, 0.2) is 48.5 Å². The maximum atomic E-state index is 12.6. The first-order valence-electron chi connectivity index (χ1n) is 8.34. The number of carbonyl (C=O) groups excluding carboxylic acids is 2. The fourth-order valence-corrected chi connectivity index (χ4v) is 2.50. The van der Waals surface area contributed by atoms with Crippen LogP contribution in [0.4, 0.5) is 5.69 Å². The number of methoxy groups -OCH3 is 2. The molecule has 0 aliphatic carbocycles. The number of amides is 2. The van der Waals surface area contributed by atoms with Crippen molar-refractivity contribution in [3.63, 3.8) is 0 Å². The van der Waals surface area contributed by atoms with E-state index in [-0.39, 0.29) is 6.04 Å². The number of hydrogen-bond acceptors (Lipinski definition) is 4. The predicted molar refractivity (Wildman–Crippen MR) is 100 cm³/mol. The fraction of sp³-hybridized carbons (Fsp3) is 0.300. The molecule has 0 aromatic heterocycles. The third-order valence-electron chi connectivity index (χ3n) is 3.92. The van der Waals surface area contributed by atoms with Crippen molar-refractivity contribution in [2.45, 2.75) is 26.4 Å². The minimum absolute atomic E-state index is 0.112. The average molecular weight is 356 g/mol. The van der Waals surface area contributed by atoms with Crippen molar-refractivity contribution in [1.29, 1.82) is 0 Å². The first kappa shape index (κ1) is 19.3. The second kappa shape index (κ2) is 8.89. The summed E-state index contributed by atoms with van der Waals surface area (Å²) >= 11 is 0. The summed E-state index contributed by atoms with van der Waals surface area (Å²) in [5.41, 5.74) is 1.43. The summed E-state index contributed by atoms with van der Waals surface area (Å²) in [7, 11) is 3.04. The van der Waals surface area contributed by atoms with E-state index in [2.05, 4.69) is 5.32 Å². The summed E-state index contributed by atoms with van der Waals surface area (Å²) in [6, 6.07) is 14.4. The number of carbonyl (C=O) groups is 2. The van der Waals surface area contributed by atoms with Crippen molar-refractivity contribution in [2.75, 3.05) is 19.5 Å². The van der Waals surface area contributed by atoms with E-state index in [9.17, 15) is 9.59 Å². The number of nitrogens with one attached hydrogen (secondary N) is 1. The van der Waals surface area contributed by atoms with Gasteiger partial charge in [-0.2, -0.15) is 0 Å². The van der Waals surface area contributed by atoms with Gasteiger partial charge in [0.1, 0.15) is 0 Å². The van der Waals surface area contributed by atoms with Crippen molar-refractivity contribution in [3.8, 4) is 11.5 Å². The van der Waals surface area contributed by atoms with Gasteiger partial charge in [0.15, 0.2) is 11.5 Å². The molecular weight excluding hydrogens is 332 g/mol. The summed E-state index contributed by atoms with van der Waals surface area (Å²) in [6.45, 7) is 4.13. The predicted octanol–water partition coefficient (Wildman–Crippen LogP) is 3.08. The maximum Gasteiger partial charge on any atom is 0.313 e. The molecule has 6 heteroatoms. The van der Waals surface area contributed by atoms with Crippen LogP contribution in [0.1, 0.15) is 19.4 Å². The smallest absolute Gasteiger partial charge is 0.313 e. The van der Waals surface area contributed by atoms with Crippen molar-refractivity contribution in [2.24, 2.45) is 0 Å². The van der Waals surface area contributed by atoms with Crippen LogP contribution in [-0.4, -0.2) is 37.0 Å². The molecule has 0 radical (unpaired) electrons. The summed E-state index contributed by atoms with van der Waals surface area (Å²) in [6.07, 6.45) is 0. The van der Waals surface area contributed by atoms with Crippen LogP contribution in [0, 0.1) is 0 Å². The van der Waals surface area contributed by atoms with E-state index in [0.717, 1.165) is 5.56 Å². The molecular formula is C20H24N2O4. The van der Waals surface area contributed by atoms with Gasteiger partial charge in [-0.05, 0) is 31.5 Å². The summed E-state index contributed by atoms with van der Waals surface area (Å²) in [4.78, 5) is 26.6. The third kappa shape index (κ3) is 4.75. The molecule has 6 nitrogen and oxygen atoms in total. The molecule has 0 bridgehead atoms. The second-order valence-electron chi connectivity index (χ2n) is 6.04. The molecule has 0 saturated carbocycles. The lowest BCUT2D eigenvalue weighted by Gasteiger charge is -2.26. The number of rotatable bonds is 6. The minimum Gasteiger partial charge on any atom is -0.493 e. The normalized spacial score (nSPS) is 10.3.